The highest BCUT2D eigenvalue weighted by Gasteiger charge is 2.30. The van der Waals surface area contributed by atoms with E-state index in [0.29, 0.717) is 11.8 Å². The lowest BCUT2D eigenvalue weighted by molar-refractivity contribution is 0.0702. The van der Waals surface area contributed by atoms with Crippen LogP contribution in [0.5, 0.6) is 0 Å². The largest absolute Gasteiger partial charge is 0.477 e. The van der Waals surface area contributed by atoms with Crippen LogP contribution < -0.4 is 4.72 Å². The monoisotopic (exact) mass is 317 g/mol. The van der Waals surface area contributed by atoms with Gasteiger partial charge < -0.3 is 5.11 Å². The molecule has 0 aromatic carbocycles. The van der Waals surface area contributed by atoms with Gasteiger partial charge in [0.2, 0.25) is 10.0 Å². The molecule has 5 nitrogen and oxygen atoms in total. The van der Waals surface area contributed by atoms with Crippen molar-refractivity contribution in [1.29, 1.82) is 0 Å². The third-order valence-corrected chi connectivity index (χ3v) is 6.85. The van der Waals surface area contributed by atoms with Gasteiger partial charge in [-0.25, -0.2) is 17.9 Å². The first-order valence-electron chi connectivity index (χ1n) is 6.65. The van der Waals surface area contributed by atoms with Crippen molar-refractivity contribution in [3.05, 3.63) is 17.0 Å². The van der Waals surface area contributed by atoms with Gasteiger partial charge in [0.25, 0.3) is 0 Å². The lowest BCUT2D eigenvalue weighted by atomic mass is 9.80. The normalized spacial score (nSPS) is 27.4. The van der Waals surface area contributed by atoms with Gasteiger partial charge in [-0.05, 0) is 43.2 Å². The number of carboxylic acid groups (broad SMARTS) is 1. The Kier molecular flexibility index (Phi) is 4.51. The van der Waals surface area contributed by atoms with Crippen LogP contribution in [0.2, 0.25) is 0 Å². The van der Waals surface area contributed by atoms with Gasteiger partial charge in [0.05, 0.1) is 0 Å². The number of aromatic carboxylic acids is 1. The van der Waals surface area contributed by atoms with E-state index in [9.17, 15) is 13.2 Å². The number of hydrogen-bond donors (Lipinski definition) is 2. The molecule has 0 saturated heterocycles. The SMILES string of the molecule is CC1CCC(NS(=O)(=O)c2ccc(C(=O)O)s2)C(C)C1. The number of rotatable bonds is 4. The zero-order chi connectivity index (χ0) is 14.9. The van der Waals surface area contributed by atoms with Crippen LogP contribution in [0.25, 0.3) is 0 Å². The van der Waals surface area contributed by atoms with E-state index in [1.807, 2.05) is 0 Å². The Morgan fingerprint density at radius 3 is 2.60 bits per heavy atom. The third kappa shape index (κ3) is 3.39. The molecule has 1 aromatic rings. The number of carboxylic acids is 1. The van der Waals surface area contributed by atoms with Crippen molar-refractivity contribution in [2.75, 3.05) is 0 Å². The number of nitrogens with one attached hydrogen (secondary N) is 1. The summed E-state index contributed by atoms with van der Waals surface area (Å²) in [5, 5.41) is 8.85. The molecule has 0 radical (unpaired) electrons. The predicted molar refractivity (Wildman–Crippen MR) is 77.6 cm³/mol. The lowest BCUT2D eigenvalue weighted by Gasteiger charge is -2.32. The van der Waals surface area contributed by atoms with Gasteiger partial charge in [-0.15, -0.1) is 11.3 Å². The van der Waals surface area contributed by atoms with Crippen molar-refractivity contribution in [3.63, 3.8) is 0 Å². The standard InChI is InChI=1S/C13H19NO4S2/c1-8-3-4-10(9(2)7-8)14-20(17,18)12-6-5-11(19-12)13(15)16/h5-6,8-10,14H,3-4,7H2,1-2H3,(H,15,16). The van der Waals surface area contributed by atoms with E-state index >= 15 is 0 Å². The van der Waals surface area contributed by atoms with E-state index in [1.54, 1.807) is 0 Å². The Balaban J connectivity index is 2.12. The average Bonchev–Trinajstić information content (AvgIpc) is 2.83. The molecule has 1 aliphatic rings. The molecule has 0 aliphatic heterocycles. The lowest BCUT2D eigenvalue weighted by Crippen LogP contribution is -2.42. The van der Waals surface area contributed by atoms with E-state index in [4.69, 9.17) is 5.11 Å². The molecule has 2 rings (SSSR count). The highest BCUT2D eigenvalue weighted by molar-refractivity contribution is 7.91. The molecular weight excluding hydrogens is 298 g/mol. The Morgan fingerprint density at radius 2 is 2.05 bits per heavy atom. The molecular formula is C13H19NO4S2. The van der Waals surface area contributed by atoms with Crippen LogP contribution in [0, 0.1) is 11.8 Å². The molecule has 0 bridgehead atoms. The summed E-state index contributed by atoms with van der Waals surface area (Å²) in [4.78, 5) is 10.9. The Bertz CT molecular complexity index is 593. The van der Waals surface area contributed by atoms with Crippen LogP contribution in [0.1, 0.15) is 42.8 Å². The van der Waals surface area contributed by atoms with Gasteiger partial charge in [-0.1, -0.05) is 13.8 Å². The summed E-state index contributed by atoms with van der Waals surface area (Å²) in [5.74, 6) is -0.171. The van der Waals surface area contributed by atoms with Gasteiger partial charge >= 0.3 is 5.97 Å². The summed E-state index contributed by atoms with van der Waals surface area (Å²) in [7, 11) is -3.62. The summed E-state index contributed by atoms with van der Waals surface area (Å²) >= 11 is 0.788. The third-order valence-electron chi connectivity index (χ3n) is 3.80. The molecule has 1 aromatic heterocycles. The van der Waals surface area contributed by atoms with Crippen molar-refractivity contribution in [1.82, 2.24) is 4.72 Å². The quantitative estimate of drug-likeness (QED) is 0.894. The zero-order valence-electron chi connectivity index (χ0n) is 11.5. The Hall–Kier alpha value is -0.920. The molecule has 7 heteroatoms. The van der Waals surface area contributed by atoms with Crippen LogP contribution in [-0.4, -0.2) is 25.5 Å². The fourth-order valence-electron chi connectivity index (χ4n) is 2.68. The minimum absolute atomic E-state index is 0.0377. The highest BCUT2D eigenvalue weighted by Crippen LogP contribution is 2.30. The smallest absolute Gasteiger partial charge is 0.345 e. The van der Waals surface area contributed by atoms with Crippen LogP contribution >= 0.6 is 11.3 Å². The van der Waals surface area contributed by atoms with Crippen LogP contribution in [-0.2, 0) is 10.0 Å². The van der Waals surface area contributed by atoms with Gasteiger partial charge in [-0.3, -0.25) is 0 Å². The minimum Gasteiger partial charge on any atom is -0.477 e. The number of hydrogen-bond acceptors (Lipinski definition) is 4. The minimum atomic E-state index is -3.62. The Morgan fingerprint density at radius 1 is 1.35 bits per heavy atom. The van der Waals surface area contributed by atoms with Gasteiger partial charge in [0.15, 0.2) is 0 Å². The highest BCUT2D eigenvalue weighted by atomic mass is 32.2. The molecule has 112 valence electrons. The predicted octanol–water partition coefficient (Wildman–Crippen LogP) is 2.55. The summed E-state index contributed by atoms with van der Waals surface area (Å²) in [6.45, 7) is 4.24. The second-order valence-electron chi connectivity index (χ2n) is 5.55. The molecule has 0 amide bonds. The second-order valence-corrected chi connectivity index (χ2v) is 8.57. The molecule has 3 atom stereocenters. The van der Waals surface area contributed by atoms with Crippen molar-refractivity contribution in [2.24, 2.45) is 11.8 Å². The van der Waals surface area contributed by atoms with Crippen molar-refractivity contribution >= 4 is 27.3 Å². The molecule has 2 N–H and O–H groups in total. The van der Waals surface area contributed by atoms with Gasteiger partial charge in [0.1, 0.15) is 9.09 Å². The van der Waals surface area contributed by atoms with E-state index in [0.717, 1.165) is 30.6 Å². The fourth-order valence-corrected chi connectivity index (χ4v) is 5.22. The van der Waals surface area contributed by atoms with E-state index in [2.05, 4.69) is 18.6 Å². The molecule has 1 saturated carbocycles. The van der Waals surface area contributed by atoms with Crippen LogP contribution in [0.3, 0.4) is 0 Å². The number of sulfonamides is 1. The first-order chi connectivity index (χ1) is 9.29. The average molecular weight is 317 g/mol. The fraction of sp³-hybridized carbons (Fsp3) is 0.615. The zero-order valence-corrected chi connectivity index (χ0v) is 13.1. The summed E-state index contributed by atoms with van der Waals surface area (Å²) < 4.78 is 27.3. The maximum Gasteiger partial charge on any atom is 0.345 e. The molecule has 1 fully saturated rings. The van der Waals surface area contributed by atoms with Crippen molar-refractivity contribution < 1.29 is 18.3 Å². The molecule has 1 heterocycles. The number of thiophene rings is 1. The maximum atomic E-state index is 12.3. The molecule has 1 aliphatic carbocycles. The van der Waals surface area contributed by atoms with Crippen molar-refractivity contribution in [2.45, 2.75) is 43.4 Å². The van der Waals surface area contributed by atoms with E-state index in [-0.39, 0.29) is 15.1 Å². The summed E-state index contributed by atoms with van der Waals surface area (Å²) in [5.41, 5.74) is 0. The summed E-state index contributed by atoms with van der Waals surface area (Å²) in [6, 6.07) is 2.62. The Labute approximate surface area is 123 Å². The molecule has 3 unspecified atom stereocenters. The van der Waals surface area contributed by atoms with Crippen molar-refractivity contribution in [3.8, 4) is 0 Å². The first-order valence-corrected chi connectivity index (χ1v) is 8.95. The van der Waals surface area contributed by atoms with Gasteiger partial charge in [0, 0.05) is 6.04 Å². The molecule has 0 spiro atoms. The van der Waals surface area contributed by atoms with Crippen LogP contribution in [0.15, 0.2) is 16.3 Å². The maximum absolute atomic E-state index is 12.3. The topological polar surface area (TPSA) is 83.5 Å². The first kappa shape index (κ1) is 15.5. The van der Waals surface area contributed by atoms with Crippen LogP contribution in [0.4, 0.5) is 0 Å². The summed E-state index contributed by atoms with van der Waals surface area (Å²) in [6.07, 6.45) is 2.86. The van der Waals surface area contributed by atoms with E-state index < -0.39 is 16.0 Å². The number of carbonyl (C=O) groups is 1. The second kappa shape index (κ2) is 5.83. The van der Waals surface area contributed by atoms with Gasteiger partial charge in [-0.2, -0.15) is 0 Å². The van der Waals surface area contributed by atoms with E-state index in [1.165, 1.54) is 12.1 Å². The molecule has 20 heavy (non-hydrogen) atoms.